The predicted octanol–water partition coefficient (Wildman–Crippen LogP) is 3.96. The summed E-state index contributed by atoms with van der Waals surface area (Å²) in [6, 6.07) is 3.57. The summed E-state index contributed by atoms with van der Waals surface area (Å²) in [5.41, 5.74) is -5.58. The van der Waals surface area contributed by atoms with Crippen LogP contribution in [0.5, 0.6) is 0 Å². The SMILES string of the molecule is CN[C@H](C)C(=O)N1CC[C@H](NS(=N)(=O)C(F)(F)F)[C@@H]1Cc1cccc(-c2cc(F)cc(F)c2)c1F. The molecular weight excluding hydrogens is 498 g/mol. The van der Waals surface area contributed by atoms with Crippen molar-refractivity contribution in [3.63, 3.8) is 0 Å². The second-order valence-corrected chi connectivity index (χ2v) is 10.1. The highest BCUT2D eigenvalue weighted by Crippen LogP contribution is 2.31. The molecule has 1 amide bonds. The first-order chi connectivity index (χ1) is 16.2. The van der Waals surface area contributed by atoms with Gasteiger partial charge in [0.1, 0.15) is 17.5 Å². The number of halogens is 6. The van der Waals surface area contributed by atoms with Crippen LogP contribution in [-0.4, -0.2) is 52.2 Å². The maximum Gasteiger partial charge on any atom is 0.492 e. The Bertz CT molecular complexity index is 1180. The number of carbonyl (C=O) groups is 1. The normalized spacial score (nSPS) is 21.1. The van der Waals surface area contributed by atoms with E-state index in [1.54, 1.807) is 6.92 Å². The van der Waals surface area contributed by atoms with Crippen LogP contribution in [0.4, 0.5) is 26.3 Å². The zero-order valence-corrected chi connectivity index (χ0v) is 19.6. The van der Waals surface area contributed by atoms with Crippen LogP contribution >= 0.6 is 0 Å². The Morgan fingerprint density at radius 2 is 1.83 bits per heavy atom. The molecule has 6 nitrogen and oxygen atoms in total. The molecule has 192 valence electrons. The molecular formula is C22H24F6N4O2S. The molecule has 1 fully saturated rings. The number of rotatable bonds is 7. The number of amides is 1. The quantitative estimate of drug-likeness (QED) is 0.482. The lowest BCUT2D eigenvalue weighted by atomic mass is 9.95. The molecule has 1 aliphatic heterocycles. The molecule has 0 aliphatic carbocycles. The Labute approximate surface area is 198 Å². The molecule has 3 rings (SSSR count). The van der Waals surface area contributed by atoms with Gasteiger partial charge in [0.25, 0.3) is 0 Å². The lowest BCUT2D eigenvalue weighted by Gasteiger charge is -2.31. The van der Waals surface area contributed by atoms with E-state index in [-0.39, 0.29) is 36.1 Å². The minimum absolute atomic E-state index is 0.00299. The van der Waals surface area contributed by atoms with Gasteiger partial charge in [-0.25, -0.2) is 26.9 Å². The maximum absolute atomic E-state index is 15.4. The summed E-state index contributed by atoms with van der Waals surface area (Å²) in [4.78, 5) is 14.1. The molecule has 13 heteroatoms. The molecule has 1 unspecified atom stereocenters. The number of hydrogen-bond acceptors (Lipinski definition) is 4. The number of nitrogens with zero attached hydrogens (tertiary/aromatic N) is 1. The van der Waals surface area contributed by atoms with Crippen molar-refractivity contribution in [3.8, 4) is 11.1 Å². The van der Waals surface area contributed by atoms with Crippen LogP contribution in [0.3, 0.4) is 0 Å². The summed E-state index contributed by atoms with van der Waals surface area (Å²) in [5.74, 6) is -3.16. The van der Waals surface area contributed by atoms with Gasteiger partial charge >= 0.3 is 5.51 Å². The van der Waals surface area contributed by atoms with Crippen LogP contribution in [0.2, 0.25) is 0 Å². The van der Waals surface area contributed by atoms with Gasteiger partial charge in [-0.15, -0.1) is 0 Å². The molecule has 2 aromatic rings. The first kappa shape index (κ1) is 27.0. The van der Waals surface area contributed by atoms with Crippen molar-refractivity contribution in [1.29, 1.82) is 4.78 Å². The second-order valence-electron chi connectivity index (χ2n) is 8.27. The van der Waals surface area contributed by atoms with Crippen LogP contribution in [0, 0.1) is 22.2 Å². The highest BCUT2D eigenvalue weighted by Gasteiger charge is 2.47. The van der Waals surface area contributed by atoms with E-state index < -0.39 is 56.9 Å². The van der Waals surface area contributed by atoms with Crippen molar-refractivity contribution < 1.29 is 35.3 Å². The van der Waals surface area contributed by atoms with E-state index in [0.717, 1.165) is 12.1 Å². The number of benzene rings is 2. The average Bonchev–Trinajstić information content (AvgIpc) is 3.13. The number of alkyl halides is 3. The Hall–Kier alpha value is -2.64. The third-order valence-corrected chi connectivity index (χ3v) is 7.24. The standard InChI is InChI=1S/C22H24F6N4O2S/c1-12(30-2)21(33)32-7-6-18(31-35(29,34)22(26,27)28)19(32)10-13-4-3-5-17(20(13)25)14-8-15(23)11-16(24)9-14/h3-5,8-9,11-12,18-19,30H,6-7,10H2,1-2H3,(H2,29,31,34)/t12-,18+,19+,35?/m1/s1. The first-order valence-corrected chi connectivity index (χ1v) is 12.1. The van der Waals surface area contributed by atoms with Crippen molar-refractivity contribution in [1.82, 2.24) is 14.9 Å². The number of likely N-dealkylation sites (N-methyl/N-ethyl adjacent to an activating group) is 1. The van der Waals surface area contributed by atoms with Crippen LogP contribution in [-0.2, 0) is 21.1 Å². The summed E-state index contributed by atoms with van der Waals surface area (Å²) in [5, 5.41) is 2.74. The molecule has 0 spiro atoms. The van der Waals surface area contributed by atoms with E-state index in [4.69, 9.17) is 4.78 Å². The fourth-order valence-electron chi connectivity index (χ4n) is 4.06. The number of nitrogens with one attached hydrogen (secondary N) is 3. The van der Waals surface area contributed by atoms with Gasteiger partial charge in [0.2, 0.25) is 15.8 Å². The van der Waals surface area contributed by atoms with Crippen LogP contribution < -0.4 is 10.0 Å². The van der Waals surface area contributed by atoms with E-state index >= 15 is 4.39 Å². The van der Waals surface area contributed by atoms with E-state index in [9.17, 15) is 31.0 Å². The average molecular weight is 523 g/mol. The van der Waals surface area contributed by atoms with Crippen molar-refractivity contribution in [3.05, 3.63) is 59.4 Å². The van der Waals surface area contributed by atoms with Crippen LogP contribution in [0.15, 0.2) is 36.4 Å². The summed E-state index contributed by atoms with van der Waals surface area (Å²) in [6.45, 7) is 1.54. The zero-order valence-electron chi connectivity index (χ0n) is 18.8. The summed E-state index contributed by atoms with van der Waals surface area (Å²) < 4.78 is 103. The molecule has 2 aromatic carbocycles. The summed E-state index contributed by atoms with van der Waals surface area (Å²) in [6.07, 6.45) is -0.333. The van der Waals surface area contributed by atoms with Crippen molar-refractivity contribution in [2.24, 2.45) is 0 Å². The molecule has 4 atom stereocenters. The van der Waals surface area contributed by atoms with Gasteiger partial charge in [0.15, 0.2) is 0 Å². The minimum Gasteiger partial charge on any atom is -0.336 e. The Morgan fingerprint density at radius 1 is 1.20 bits per heavy atom. The fraction of sp³-hybridized carbons (Fsp3) is 0.409. The van der Waals surface area contributed by atoms with E-state index in [2.05, 4.69) is 5.32 Å². The lowest BCUT2D eigenvalue weighted by molar-refractivity contribution is -0.133. The Morgan fingerprint density at radius 3 is 2.40 bits per heavy atom. The molecule has 0 aromatic heterocycles. The molecule has 0 radical (unpaired) electrons. The highest BCUT2D eigenvalue weighted by molar-refractivity contribution is 7.91. The Kier molecular flexibility index (Phi) is 7.82. The van der Waals surface area contributed by atoms with Crippen molar-refractivity contribution >= 4 is 15.8 Å². The predicted molar refractivity (Wildman–Crippen MR) is 118 cm³/mol. The monoisotopic (exact) mass is 522 g/mol. The topological polar surface area (TPSA) is 85.3 Å². The molecule has 3 N–H and O–H groups in total. The summed E-state index contributed by atoms with van der Waals surface area (Å²) in [7, 11) is -3.71. The third kappa shape index (κ3) is 5.78. The lowest BCUT2D eigenvalue weighted by Crippen LogP contribution is -2.53. The maximum atomic E-state index is 15.4. The van der Waals surface area contributed by atoms with Gasteiger partial charge in [-0.05, 0) is 50.1 Å². The fourth-order valence-corrected chi connectivity index (χ4v) is 4.90. The van der Waals surface area contributed by atoms with Gasteiger partial charge in [-0.2, -0.15) is 13.2 Å². The molecule has 1 aliphatic rings. The highest BCUT2D eigenvalue weighted by atomic mass is 32.2. The Balaban J connectivity index is 2.00. The summed E-state index contributed by atoms with van der Waals surface area (Å²) >= 11 is 0. The number of likely N-dealkylation sites (tertiary alicyclic amines) is 1. The van der Waals surface area contributed by atoms with E-state index in [1.165, 1.54) is 30.1 Å². The molecule has 35 heavy (non-hydrogen) atoms. The molecule has 1 heterocycles. The van der Waals surface area contributed by atoms with Crippen LogP contribution in [0.25, 0.3) is 11.1 Å². The van der Waals surface area contributed by atoms with Crippen LogP contribution in [0.1, 0.15) is 18.9 Å². The van der Waals surface area contributed by atoms with Gasteiger partial charge in [0, 0.05) is 24.2 Å². The minimum atomic E-state index is -5.35. The van der Waals surface area contributed by atoms with Gasteiger partial charge in [-0.1, -0.05) is 18.2 Å². The first-order valence-electron chi connectivity index (χ1n) is 10.6. The van der Waals surface area contributed by atoms with E-state index in [1.807, 2.05) is 4.72 Å². The third-order valence-electron chi connectivity index (χ3n) is 5.96. The zero-order chi connectivity index (χ0) is 26.1. The van der Waals surface area contributed by atoms with Gasteiger partial charge in [0.05, 0.1) is 12.1 Å². The molecule has 0 bridgehead atoms. The number of hydrogen-bond donors (Lipinski definition) is 3. The molecule has 0 saturated carbocycles. The largest absolute Gasteiger partial charge is 0.492 e. The smallest absolute Gasteiger partial charge is 0.336 e. The van der Waals surface area contributed by atoms with Gasteiger partial charge in [-0.3, -0.25) is 4.79 Å². The van der Waals surface area contributed by atoms with E-state index in [0.29, 0.717) is 6.07 Å². The second kappa shape index (κ2) is 10.2. The molecule has 1 saturated heterocycles. The van der Waals surface area contributed by atoms with Gasteiger partial charge < -0.3 is 10.2 Å². The number of carbonyl (C=O) groups excluding carboxylic acids is 1. The van der Waals surface area contributed by atoms with Crippen molar-refractivity contribution in [2.75, 3.05) is 13.6 Å². The van der Waals surface area contributed by atoms with Crippen molar-refractivity contribution in [2.45, 2.75) is 43.4 Å².